The topological polar surface area (TPSA) is 38.7 Å². The van der Waals surface area contributed by atoms with E-state index in [0.717, 1.165) is 27.5 Å². The second kappa shape index (κ2) is 9.55. The molecule has 2 aromatic heterocycles. The van der Waals surface area contributed by atoms with Crippen molar-refractivity contribution in [2.45, 2.75) is 0 Å². The maximum Gasteiger partial charge on any atom is 0.164 e. The van der Waals surface area contributed by atoms with Crippen molar-refractivity contribution in [3.05, 3.63) is 140 Å². The highest BCUT2D eigenvalue weighted by Crippen LogP contribution is 2.41. The number of nitrogens with zero attached hydrogens (tertiary/aromatic N) is 3. The van der Waals surface area contributed by atoms with E-state index in [9.17, 15) is 0 Å². The largest absolute Gasteiger partial charge is 0.208 e. The van der Waals surface area contributed by atoms with E-state index in [2.05, 4.69) is 121 Å². The molecule has 0 spiro atoms. The molecule has 0 atom stereocenters. The minimum atomic E-state index is 0.665. The second-order valence-electron chi connectivity index (χ2n) is 10.8. The highest BCUT2D eigenvalue weighted by Gasteiger charge is 2.19. The van der Waals surface area contributed by atoms with Crippen LogP contribution < -0.4 is 0 Å². The number of hydrogen-bond donors (Lipinski definition) is 0. The molecule has 3 nitrogen and oxygen atoms in total. The summed E-state index contributed by atoms with van der Waals surface area (Å²) in [6.45, 7) is 0. The Hall–Kier alpha value is -5.45. The van der Waals surface area contributed by atoms with Crippen LogP contribution in [0.5, 0.6) is 0 Å². The summed E-state index contributed by atoms with van der Waals surface area (Å²) in [5, 5.41) is 9.53. The van der Waals surface area contributed by atoms with Crippen LogP contribution in [0.2, 0.25) is 0 Å². The maximum atomic E-state index is 5.28. The SMILES string of the molecule is c1ccc(-c2nc(-c3cccc4sc5ccccc5c34)nc(-c3cc4ccccc4c4ccc5ccccc5c34)n2)cc1. The van der Waals surface area contributed by atoms with Crippen LogP contribution in [0.1, 0.15) is 0 Å². The van der Waals surface area contributed by atoms with E-state index < -0.39 is 0 Å². The van der Waals surface area contributed by atoms with E-state index in [1.807, 2.05) is 18.2 Å². The van der Waals surface area contributed by atoms with Gasteiger partial charge >= 0.3 is 0 Å². The molecule has 2 heterocycles. The summed E-state index contributed by atoms with van der Waals surface area (Å²) < 4.78 is 2.48. The summed E-state index contributed by atoms with van der Waals surface area (Å²) in [6, 6.07) is 49.1. The smallest absolute Gasteiger partial charge is 0.164 e. The fraction of sp³-hybridized carbons (Fsp3) is 0. The van der Waals surface area contributed by atoms with E-state index in [4.69, 9.17) is 15.0 Å². The lowest BCUT2D eigenvalue weighted by atomic mass is 9.92. The first-order chi connectivity index (χ1) is 21.3. The Labute approximate surface area is 251 Å². The van der Waals surface area contributed by atoms with Gasteiger partial charge in [0.05, 0.1) is 0 Å². The summed E-state index contributed by atoms with van der Waals surface area (Å²) in [6.07, 6.45) is 0. The third-order valence-corrected chi connectivity index (χ3v) is 9.44. The molecule has 0 amide bonds. The molecule has 0 saturated carbocycles. The second-order valence-corrected chi connectivity index (χ2v) is 11.9. The Bertz CT molecular complexity index is 2510. The molecule has 0 aliphatic carbocycles. The van der Waals surface area contributed by atoms with Crippen LogP contribution in [0.15, 0.2) is 140 Å². The van der Waals surface area contributed by atoms with Gasteiger partial charge in [0.15, 0.2) is 17.5 Å². The van der Waals surface area contributed by atoms with Crippen LogP contribution in [-0.4, -0.2) is 15.0 Å². The number of fused-ring (bicyclic) bond motifs is 8. The van der Waals surface area contributed by atoms with Crippen molar-refractivity contribution in [2.75, 3.05) is 0 Å². The van der Waals surface area contributed by atoms with E-state index in [1.54, 1.807) is 11.3 Å². The normalized spacial score (nSPS) is 11.7. The van der Waals surface area contributed by atoms with Gasteiger partial charge in [-0.25, -0.2) is 15.0 Å². The fourth-order valence-corrected chi connectivity index (χ4v) is 7.48. The molecule has 0 bridgehead atoms. The number of rotatable bonds is 3. The van der Waals surface area contributed by atoms with Gasteiger partial charge in [-0.3, -0.25) is 0 Å². The standard InChI is InChI=1S/C39H23N3S/c1-2-12-25(13-3-1)37-40-38(31-18-10-20-34-36(31)30-17-8-9-19-33(30)43-34)42-39(41-37)32-23-26-14-5-6-15-27(26)29-22-21-24-11-4-7-16-28(24)35(29)32/h1-23H. The van der Waals surface area contributed by atoms with Gasteiger partial charge in [-0.05, 0) is 45.1 Å². The van der Waals surface area contributed by atoms with Gasteiger partial charge in [-0.2, -0.15) is 0 Å². The molecule has 0 saturated heterocycles. The molecule has 0 N–H and O–H groups in total. The van der Waals surface area contributed by atoms with Crippen molar-refractivity contribution >= 4 is 63.8 Å². The Kier molecular flexibility index (Phi) is 5.37. The van der Waals surface area contributed by atoms with Crippen molar-refractivity contribution in [3.8, 4) is 34.2 Å². The molecule has 0 radical (unpaired) electrons. The summed E-state index contributed by atoms with van der Waals surface area (Å²) in [5.41, 5.74) is 2.99. The van der Waals surface area contributed by atoms with Crippen LogP contribution >= 0.6 is 11.3 Å². The summed E-state index contributed by atoms with van der Waals surface area (Å²) in [4.78, 5) is 15.6. The van der Waals surface area contributed by atoms with Gasteiger partial charge in [-0.15, -0.1) is 11.3 Å². The Morgan fingerprint density at radius 1 is 0.372 bits per heavy atom. The van der Waals surface area contributed by atoms with E-state index in [1.165, 1.54) is 41.7 Å². The number of benzene rings is 7. The Morgan fingerprint density at radius 2 is 1.02 bits per heavy atom. The molecule has 43 heavy (non-hydrogen) atoms. The zero-order valence-corrected chi connectivity index (χ0v) is 23.8. The van der Waals surface area contributed by atoms with Gasteiger partial charge in [0.2, 0.25) is 0 Å². The molecule has 4 heteroatoms. The monoisotopic (exact) mass is 565 g/mol. The van der Waals surface area contributed by atoms with Crippen LogP contribution in [0.3, 0.4) is 0 Å². The zero-order valence-electron chi connectivity index (χ0n) is 23.0. The van der Waals surface area contributed by atoms with Crippen LogP contribution in [0.4, 0.5) is 0 Å². The third-order valence-electron chi connectivity index (χ3n) is 8.30. The molecule has 0 unspecified atom stereocenters. The van der Waals surface area contributed by atoms with Gasteiger partial charge in [0.1, 0.15) is 0 Å². The molecular weight excluding hydrogens is 543 g/mol. The quantitative estimate of drug-likeness (QED) is 0.200. The summed E-state index contributed by atoms with van der Waals surface area (Å²) >= 11 is 1.81. The average Bonchev–Trinajstić information content (AvgIpc) is 3.47. The number of hydrogen-bond acceptors (Lipinski definition) is 4. The Balaban J connectivity index is 1.42. The molecule has 9 rings (SSSR count). The van der Waals surface area contributed by atoms with Crippen molar-refractivity contribution in [1.82, 2.24) is 15.0 Å². The van der Waals surface area contributed by atoms with Crippen LogP contribution in [0, 0.1) is 0 Å². The molecule has 0 fully saturated rings. The number of aromatic nitrogens is 3. The van der Waals surface area contributed by atoms with Gasteiger partial charge in [0, 0.05) is 42.2 Å². The van der Waals surface area contributed by atoms with E-state index in [0.29, 0.717) is 17.5 Å². The van der Waals surface area contributed by atoms with E-state index >= 15 is 0 Å². The summed E-state index contributed by atoms with van der Waals surface area (Å²) in [7, 11) is 0. The minimum Gasteiger partial charge on any atom is -0.208 e. The molecule has 200 valence electrons. The predicted octanol–water partition coefficient (Wildman–Crippen LogP) is 10.7. The molecule has 7 aromatic carbocycles. The lowest BCUT2D eigenvalue weighted by Crippen LogP contribution is -2.01. The van der Waals surface area contributed by atoms with Crippen molar-refractivity contribution < 1.29 is 0 Å². The number of thiophene rings is 1. The third kappa shape index (κ3) is 3.84. The first-order valence-corrected chi connectivity index (χ1v) is 15.2. The Morgan fingerprint density at radius 3 is 1.88 bits per heavy atom. The lowest BCUT2D eigenvalue weighted by molar-refractivity contribution is 1.08. The minimum absolute atomic E-state index is 0.665. The first kappa shape index (κ1) is 24.2. The molecule has 0 aliphatic heterocycles. The highest BCUT2D eigenvalue weighted by molar-refractivity contribution is 7.25. The first-order valence-electron chi connectivity index (χ1n) is 14.4. The van der Waals surface area contributed by atoms with E-state index in [-0.39, 0.29) is 0 Å². The van der Waals surface area contributed by atoms with Gasteiger partial charge in [-0.1, -0.05) is 121 Å². The summed E-state index contributed by atoms with van der Waals surface area (Å²) in [5.74, 6) is 2.02. The fourth-order valence-electron chi connectivity index (χ4n) is 6.35. The molecule has 9 aromatic rings. The van der Waals surface area contributed by atoms with Crippen LogP contribution in [-0.2, 0) is 0 Å². The van der Waals surface area contributed by atoms with Gasteiger partial charge < -0.3 is 0 Å². The maximum absolute atomic E-state index is 5.28. The predicted molar refractivity (Wildman–Crippen MR) is 182 cm³/mol. The van der Waals surface area contributed by atoms with Crippen molar-refractivity contribution in [2.24, 2.45) is 0 Å². The molecule has 0 aliphatic rings. The van der Waals surface area contributed by atoms with Gasteiger partial charge in [0.25, 0.3) is 0 Å². The van der Waals surface area contributed by atoms with Crippen LogP contribution in [0.25, 0.3) is 86.7 Å². The average molecular weight is 566 g/mol. The lowest BCUT2D eigenvalue weighted by Gasteiger charge is -2.14. The molecular formula is C39H23N3S. The van der Waals surface area contributed by atoms with Crippen molar-refractivity contribution in [3.63, 3.8) is 0 Å². The zero-order chi connectivity index (χ0) is 28.3. The van der Waals surface area contributed by atoms with Crippen molar-refractivity contribution in [1.29, 1.82) is 0 Å². The highest BCUT2D eigenvalue weighted by atomic mass is 32.1.